The molecular weight excluding hydrogens is 448 g/mol. The number of aromatic nitrogens is 3. The van der Waals surface area contributed by atoms with Crippen molar-refractivity contribution in [1.82, 2.24) is 18.0 Å². The molecule has 0 saturated heterocycles. The molecule has 0 aliphatic rings. The van der Waals surface area contributed by atoms with Crippen molar-refractivity contribution in [2.75, 3.05) is 0 Å². The number of pyridine rings is 1. The molecule has 0 atom stereocenters. The second kappa shape index (κ2) is 7.97. The number of sulfonamides is 1. The first kappa shape index (κ1) is 20.6. The van der Waals surface area contributed by atoms with Crippen LogP contribution in [0.5, 0.6) is 0 Å². The van der Waals surface area contributed by atoms with Gasteiger partial charge in [-0.3, -0.25) is 4.79 Å². The highest BCUT2D eigenvalue weighted by Crippen LogP contribution is 2.27. The summed E-state index contributed by atoms with van der Waals surface area (Å²) < 4.78 is 42.4. The van der Waals surface area contributed by atoms with Gasteiger partial charge in [-0.05, 0) is 54.8 Å². The molecule has 10 heteroatoms. The van der Waals surface area contributed by atoms with Gasteiger partial charge in [-0.1, -0.05) is 17.7 Å². The molecule has 0 aliphatic heterocycles. The van der Waals surface area contributed by atoms with Crippen LogP contribution >= 0.6 is 11.7 Å². The van der Waals surface area contributed by atoms with E-state index in [1.165, 1.54) is 16.6 Å². The van der Waals surface area contributed by atoms with E-state index in [1.807, 2.05) is 25.1 Å². The minimum Gasteiger partial charge on any atom is -0.468 e. The van der Waals surface area contributed by atoms with Crippen LogP contribution in [-0.4, -0.2) is 26.5 Å². The van der Waals surface area contributed by atoms with E-state index in [4.69, 9.17) is 4.42 Å². The summed E-state index contributed by atoms with van der Waals surface area (Å²) >= 11 is 0.953. The van der Waals surface area contributed by atoms with Gasteiger partial charge in [0.25, 0.3) is 5.56 Å². The molecule has 5 aromatic rings. The standard InChI is InChI=1S/C22H18N4O4S2/c1-14-7-8-18-15(10-14)11-16(22(27)23-18)12-26(13-17-4-3-9-30-17)32(28,29)20-6-2-5-19-21(20)25-31-24-19/h2-11H,12-13H2,1H3,(H,23,27). The molecule has 1 N–H and O–H groups in total. The Kier molecular flexibility index (Phi) is 5.12. The minimum atomic E-state index is -4.03. The van der Waals surface area contributed by atoms with E-state index in [1.54, 1.807) is 30.3 Å². The lowest BCUT2D eigenvalue weighted by molar-refractivity contribution is 0.358. The number of rotatable bonds is 6. The average Bonchev–Trinajstić information content (AvgIpc) is 3.45. The molecular formula is C22H18N4O4S2. The smallest absolute Gasteiger partial charge is 0.252 e. The number of fused-ring (bicyclic) bond motifs is 2. The van der Waals surface area contributed by atoms with Crippen LogP contribution in [0.15, 0.2) is 75.0 Å². The van der Waals surface area contributed by atoms with Crippen LogP contribution in [0.25, 0.3) is 21.9 Å². The fraction of sp³-hybridized carbons (Fsp3) is 0.136. The Balaban J connectivity index is 1.62. The van der Waals surface area contributed by atoms with Gasteiger partial charge in [0.05, 0.1) is 24.5 Å². The Bertz CT molecular complexity index is 1590. The fourth-order valence-electron chi connectivity index (χ4n) is 3.61. The zero-order valence-corrected chi connectivity index (χ0v) is 18.6. The number of aromatic amines is 1. The van der Waals surface area contributed by atoms with E-state index in [9.17, 15) is 13.2 Å². The highest BCUT2D eigenvalue weighted by molar-refractivity contribution is 7.89. The molecule has 3 heterocycles. The Labute approximate surface area is 187 Å². The maximum Gasteiger partial charge on any atom is 0.252 e. The Morgan fingerprint density at radius 1 is 1.06 bits per heavy atom. The van der Waals surface area contributed by atoms with Gasteiger partial charge in [0.2, 0.25) is 10.0 Å². The van der Waals surface area contributed by atoms with Gasteiger partial charge in [0.1, 0.15) is 21.7 Å². The monoisotopic (exact) mass is 466 g/mol. The number of nitrogens with zero attached hydrogens (tertiary/aromatic N) is 3. The topological polar surface area (TPSA) is 109 Å². The second-order valence-electron chi connectivity index (χ2n) is 7.45. The largest absolute Gasteiger partial charge is 0.468 e. The molecule has 8 nitrogen and oxygen atoms in total. The van der Waals surface area contributed by atoms with Gasteiger partial charge < -0.3 is 9.40 Å². The summed E-state index contributed by atoms with van der Waals surface area (Å²) in [6, 6.07) is 15.7. The number of aryl methyl sites for hydroxylation is 1. The zero-order chi connectivity index (χ0) is 22.3. The zero-order valence-electron chi connectivity index (χ0n) is 17.0. The van der Waals surface area contributed by atoms with Crippen LogP contribution in [0, 0.1) is 6.92 Å². The van der Waals surface area contributed by atoms with E-state index in [0.717, 1.165) is 22.7 Å². The number of nitrogens with one attached hydrogen (secondary N) is 1. The quantitative estimate of drug-likeness (QED) is 0.407. The van der Waals surface area contributed by atoms with Gasteiger partial charge in [-0.15, -0.1) is 0 Å². The van der Waals surface area contributed by atoms with Crippen molar-refractivity contribution in [2.45, 2.75) is 24.9 Å². The van der Waals surface area contributed by atoms with Crippen LogP contribution < -0.4 is 5.56 Å². The maximum atomic E-state index is 13.7. The third-order valence-electron chi connectivity index (χ3n) is 5.20. The molecule has 0 spiro atoms. The average molecular weight is 467 g/mol. The van der Waals surface area contributed by atoms with E-state index in [0.29, 0.717) is 27.9 Å². The van der Waals surface area contributed by atoms with Crippen molar-refractivity contribution in [3.8, 4) is 0 Å². The molecule has 0 fully saturated rings. The molecule has 0 saturated carbocycles. The van der Waals surface area contributed by atoms with Crippen LogP contribution in [0.1, 0.15) is 16.9 Å². The summed E-state index contributed by atoms with van der Waals surface area (Å²) in [7, 11) is -4.03. The number of H-pyrrole nitrogens is 1. The van der Waals surface area contributed by atoms with E-state index >= 15 is 0 Å². The first-order valence-corrected chi connectivity index (χ1v) is 12.0. The lowest BCUT2D eigenvalue weighted by Gasteiger charge is -2.21. The van der Waals surface area contributed by atoms with Crippen molar-refractivity contribution in [3.63, 3.8) is 0 Å². The molecule has 3 aromatic heterocycles. The summed E-state index contributed by atoms with van der Waals surface area (Å²) in [5.41, 5.74) is 2.55. The van der Waals surface area contributed by atoms with Gasteiger partial charge in [0.15, 0.2) is 0 Å². The minimum absolute atomic E-state index is 0.0332. The van der Waals surface area contributed by atoms with Gasteiger partial charge in [0, 0.05) is 17.6 Å². The van der Waals surface area contributed by atoms with E-state index in [2.05, 4.69) is 13.7 Å². The predicted molar refractivity (Wildman–Crippen MR) is 122 cm³/mol. The molecule has 0 amide bonds. The van der Waals surface area contributed by atoms with Crippen LogP contribution in [-0.2, 0) is 23.1 Å². The van der Waals surface area contributed by atoms with Crippen LogP contribution in [0.4, 0.5) is 0 Å². The third-order valence-corrected chi connectivity index (χ3v) is 7.57. The SMILES string of the molecule is Cc1ccc2[nH]c(=O)c(CN(Cc3ccco3)S(=O)(=O)c3cccc4nsnc34)cc2c1. The summed E-state index contributed by atoms with van der Waals surface area (Å²) in [6.45, 7) is 1.80. The molecule has 0 aliphatic carbocycles. The van der Waals surface area contributed by atoms with Gasteiger partial charge in [-0.2, -0.15) is 13.1 Å². The first-order chi connectivity index (χ1) is 15.4. The number of hydrogen-bond acceptors (Lipinski definition) is 7. The summed E-state index contributed by atoms with van der Waals surface area (Å²) in [5.74, 6) is 0.463. The molecule has 2 aromatic carbocycles. The first-order valence-electron chi connectivity index (χ1n) is 9.78. The molecule has 162 valence electrons. The summed E-state index contributed by atoms with van der Waals surface area (Å²) in [6.07, 6.45) is 1.48. The normalized spacial score (nSPS) is 12.2. The molecule has 0 unspecified atom stereocenters. The van der Waals surface area contributed by atoms with Gasteiger partial charge >= 0.3 is 0 Å². The fourth-order valence-corrected chi connectivity index (χ4v) is 5.75. The number of furan rings is 1. The Morgan fingerprint density at radius 2 is 1.94 bits per heavy atom. The van der Waals surface area contributed by atoms with Gasteiger partial charge in [-0.25, -0.2) is 8.42 Å². The number of hydrogen-bond donors (Lipinski definition) is 1. The molecule has 32 heavy (non-hydrogen) atoms. The molecule has 0 bridgehead atoms. The third kappa shape index (κ3) is 3.72. The van der Waals surface area contributed by atoms with Crippen molar-refractivity contribution < 1.29 is 12.8 Å². The predicted octanol–water partition coefficient (Wildman–Crippen LogP) is 3.83. The van der Waals surface area contributed by atoms with Crippen molar-refractivity contribution in [2.24, 2.45) is 0 Å². The van der Waals surface area contributed by atoms with Crippen molar-refractivity contribution in [3.05, 3.63) is 88.1 Å². The van der Waals surface area contributed by atoms with Crippen LogP contribution in [0.2, 0.25) is 0 Å². The summed E-state index contributed by atoms with van der Waals surface area (Å²) in [5, 5.41) is 0.834. The van der Waals surface area contributed by atoms with E-state index < -0.39 is 10.0 Å². The summed E-state index contributed by atoms with van der Waals surface area (Å²) in [4.78, 5) is 15.7. The second-order valence-corrected chi connectivity index (χ2v) is 9.89. The van der Waals surface area contributed by atoms with Crippen molar-refractivity contribution in [1.29, 1.82) is 0 Å². The lowest BCUT2D eigenvalue weighted by atomic mass is 10.1. The van der Waals surface area contributed by atoms with Crippen molar-refractivity contribution >= 4 is 43.7 Å². The highest BCUT2D eigenvalue weighted by atomic mass is 32.2. The molecule has 5 rings (SSSR count). The van der Waals surface area contributed by atoms with E-state index in [-0.39, 0.29) is 23.5 Å². The lowest BCUT2D eigenvalue weighted by Crippen LogP contribution is -2.32. The maximum absolute atomic E-state index is 13.7. The Morgan fingerprint density at radius 3 is 2.75 bits per heavy atom. The molecule has 0 radical (unpaired) electrons. The Hall–Kier alpha value is -3.34. The number of benzene rings is 2. The highest BCUT2D eigenvalue weighted by Gasteiger charge is 2.29. The van der Waals surface area contributed by atoms with Crippen LogP contribution in [0.3, 0.4) is 0 Å².